The smallest absolute Gasteiger partial charge is 0.282 e. The Labute approximate surface area is 220 Å². The van der Waals surface area contributed by atoms with Gasteiger partial charge in [-0.05, 0) is 25.3 Å². The first-order valence-electron chi connectivity index (χ1n) is 12.4. The third-order valence-corrected chi connectivity index (χ3v) is 11.6. The Bertz CT molecular complexity index is 1460. The maximum atomic E-state index is 14.3. The van der Waals surface area contributed by atoms with E-state index in [9.17, 15) is 25.6 Å². The van der Waals surface area contributed by atoms with Crippen LogP contribution in [-0.4, -0.2) is 108 Å². The van der Waals surface area contributed by atoms with Crippen LogP contribution in [0.3, 0.4) is 0 Å². The van der Waals surface area contributed by atoms with Gasteiger partial charge in [-0.25, -0.2) is 27.2 Å². The van der Waals surface area contributed by atoms with Crippen molar-refractivity contribution in [1.82, 2.24) is 27.9 Å². The number of hydrogen-bond donors (Lipinski definition) is 1. The summed E-state index contributed by atoms with van der Waals surface area (Å²) in [5, 5.41) is 9.54. The molecule has 2 aliphatic heterocycles. The number of nitrogens with one attached hydrogen (secondary N) is 1. The van der Waals surface area contributed by atoms with Gasteiger partial charge in [-0.3, -0.25) is 0 Å². The molecule has 3 aliphatic rings. The maximum Gasteiger partial charge on any atom is 0.282 e. The first-order valence-corrected chi connectivity index (χ1v) is 15.4. The molecule has 2 aromatic heterocycles. The van der Waals surface area contributed by atoms with E-state index in [0.717, 1.165) is 19.8 Å². The summed E-state index contributed by atoms with van der Waals surface area (Å²) in [4.78, 5) is 13.7. The Morgan fingerprint density at radius 1 is 1.21 bits per heavy atom. The average molecular weight is 573 g/mol. The Morgan fingerprint density at radius 3 is 2.68 bits per heavy atom. The van der Waals surface area contributed by atoms with Crippen LogP contribution in [0.1, 0.15) is 32.1 Å². The fraction of sp³-hybridized carbons (Fsp3) is 0.682. The Morgan fingerprint density at radius 2 is 1.97 bits per heavy atom. The van der Waals surface area contributed by atoms with Crippen LogP contribution >= 0.6 is 0 Å². The van der Waals surface area contributed by atoms with Crippen LogP contribution in [-0.2, 0) is 20.2 Å². The van der Waals surface area contributed by atoms with Gasteiger partial charge in [0.05, 0.1) is 29.3 Å². The van der Waals surface area contributed by atoms with Gasteiger partial charge in [0.2, 0.25) is 10.0 Å². The van der Waals surface area contributed by atoms with E-state index in [4.69, 9.17) is 5.26 Å². The second kappa shape index (κ2) is 9.63. The third kappa shape index (κ3) is 4.97. The Balaban J connectivity index is 1.31. The van der Waals surface area contributed by atoms with E-state index < -0.39 is 56.5 Å². The summed E-state index contributed by atoms with van der Waals surface area (Å²) in [6, 6.07) is 2.52. The minimum Gasteiger partial charge on any atom is -0.353 e. The lowest BCUT2D eigenvalue weighted by Crippen LogP contribution is -2.60. The normalized spacial score (nSPS) is 23.9. The van der Waals surface area contributed by atoms with E-state index in [1.807, 2.05) is 17.0 Å². The van der Waals surface area contributed by atoms with Crippen LogP contribution < -0.4 is 4.90 Å². The first kappa shape index (κ1) is 27.1. The monoisotopic (exact) mass is 572 g/mol. The molecule has 1 spiro atoms. The van der Waals surface area contributed by atoms with Gasteiger partial charge in [-0.15, -0.1) is 0 Å². The highest BCUT2D eigenvalue weighted by Crippen LogP contribution is 2.47. The van der Waals surface area contributed by atoms with Crippen LogP contribution in [0.5, 0.6) is 0 Å². The molecule has 1 N–H and O–H groups in total. The fourth-order valence-electron chi connectivity index (χ4n) is 5.52. The van der Waals surface area contributed by atoms with Crippen molar-refractivity contribution in [3.05, 3.63) is 18.6 Å². The molecule has 0 aromatic carbocycles. The van der Waals surface area contributed by atoms with Crippen LogP contribution in [0.4, 0.5) is 14.6 Å². The van der Waals surface area contributed by atoms with Gasteiger partial charge in [-0.1, -0.05) is 0 Å². The molecule has 1 unspecified atom stereocenters. The number of fused-ring (bicyclic) bond motifs is 1. The van der Waals surface area contributed by atoms with Crippen molar-refractivity contribution >= 4 is 37.1 Å². The number of piperazine rings is 1. The number of aromatic amines is 1. The lowest BCUT2D eigenvalue weighted by Gasteiger charge is -2.43. The summed E-state index contributed by atoms with van der Waals surface area (Å²) < 4.78 is 84.8. The highest BCUT2D eigenvalue weighted by atomic mass is 32.2. The van der Waals surface area contributed by atoms with Crippen molar-refractivity contribution < 1.29 is 25.6 Å². The zero-order valence-electron chi connectivity index (χ0n) is 20.9. The molecule has 1 aliphatic carbocycles. The molecule has 0 radical (unpaired) electrons. The van der Waals surface area contributed by atoms with Gasteiger partial charge >= 0.3 is 0 Å². The molecule has 1 atom stereocenters. The summed E-state index contributed by atoms with van der Waals surface area (Å²) in [7, 11) is -6.84. The quantitative estimate of drug-likeness (QED) is 0.440. The number of alkyl halides is 2. The molecule has 1 saturated carbocycles. The number of rotatable bonds is 9. The van der Waals surface area contributed by atoms with E-state index in [-0.39, 0.29) is 25.9 Å². The Kier molecular flexibility index (Phi) is 6.87. The number of halogens is 2. The molecule has 0 amide bonds. The zero-order chi connectivity index (χ0) is 27.3. The number of aromatic nitrogens is 3. The van der Waals surface area contributed by atoms with Gasteiger partial charge < -0.3 is 9.88 Å². The summed E-state index contributed by atoms with van der Waals surface area (Å²) in [5.41, 5.74) is 0.0526. The second-order valence-electron chi connectivity index (χ2n) is 10.3. The summed E-state index contributed by atoms with van der Waals surface area (Å²) in [5.74, 6) is -2.98. The highest BCUT2D eigenvalue weighted by molar-refractivity contribution is 7.89. The number of unbranched alkanes of at least 4 members (excludes halogenated alkanes) is 1. The largest absolute Gasteiger partial charge is 0.353 e. The number of likely N-dealkylation sites (N-methyl/N-ethyl adjacent to an activating group) is 1. The number of sulfonamides is 1. The van der Waals surface area contributed by atoms with E-state index in [0.29, 0.717) is 31.6 Å². The first-order chi connectivity index (χ1) is 17.9. The summed E-state index contributed by atoms with van der Waals surface area (Å²) in [6.07, 6.45) is 3.78. The molecule has 3 fully saturated rings. The molecule has 0 bridgehead atoms. The van der Waals surface area contributed by atoms with Gasteiger partial charge in [0.25, 0.3) is 16.1 Å². The van der Waals surface area contributed by atoms with Gasteiger partial charge in [0.1, 0.15) is 17.8 Å². The van der Waals surface area contributed by atoms with Crippen LogP contribution in [0.15, 0.2) is 18.6 Å². The van der Waals surface area contributed by atoms with Gasteiger partial charge in [0, 0.05) is 58.3 Å². The lowest BCUT2D eigenvalue weighted by atomic mass is 10.2. The van der Waals surface area contributed by atoms with Crippen molar-refractivity contribution in [3.8, 4) is 6.07 Å². The second-order valence-corrected chi connectivity index (χ2v) is 14.3. The van der Waals surface area contributed by atoms with Crippen molar-refractivity contribution in [2.75, 3.05) is 50.4 Å². The van der Waals surface area contributed by atoms with Gasteiger partial charge in [-0.2, -0.15) is 26.6 Å². The standard InChI is InChI=1S/C22H30F2N8O4S2/c1-29(13-17-12-22(23,24)15-31(17)37(33,34)11-3-2-7-25)38(35,36)32-10-9-30(14-21(32)5-6-21)20-18-4-8-26-19(18)27-16-28-20/h4,8,16-17H,2-3,5-6,9-15H2,1H3,(H,26,27,28). The molecule has 38 heavy (non-hydrogen) atoms. The number of nitrogens with zero attached hydrogens (tertiary/aromatic N) is 7. The minimum absolute atomic E-state index is 0.0128. The van der Waals surface area contributed by atoms with Crippen LogP contribution in [0, 0.1) is 11.3 Å². The number of H-pyrrole nitrogens is 1. The summed E-state index contributed by atoms with van der Waals surface area (Å²) in [6.45, 7) is -0.387. The topological polar surface area (TPSA) is 147 Å². The van der Waals surface area contributed by atoms with Crippen LogP contribution in [0.2, 0.25) is 0 Å². The third-order valence-electron chi connectivity index (χ3n) is 7.56. The number of nitriles is 1. The predicted molar refractivity (Wildman–Crippen MR) is 135 cm³/mol. The van der Waals surface area contributed by atoms with Gasteiger partial charge in [0.15, 0.2) is 0 Å². The lowest BCUT2D eigenvalue weighted by molar-refractivity contribution is 0.0169. The predicted octanol–water partition coefficient (Wildman–Crippen LogP) is 1.13. The zero-order valence-corrected chi connectivity index (χ0v) is 22.6. The SMILES string of the molecule is CN(CC1CC(F)(F)CN1S(=O)(=O)CCCC#N)S(=O)(=O)N1CCN(c2ncnc3[nH]ccc23)CC12CC2. The number of hydrogen-bond acceptors (Lipinski definition) is 8. The van der Waals surface area contributed by atoms with Crippen LogP contribution in [0.25, 0.3) is 11.0 Å². The van der Waals surface area contributed by atoms with E-state index in [2.05, 4.69) is 15.0 Å². The highest BCUT2D eigenvalue weighted by Gasteiger charge is 2.57. The number of anilines is 1. The minimum atomic E-state index is -4.08. The maximum absolute atomic E-state index is 14.3. The van der Waals surface area contributed by atoms with Crippen molar-refractivity contribution in [2.24, 2.45) is 0 Å². The molecule has 2 saturated heterocycles. The van der Waals surface area contributed by atoms with Crippen molar-refractivity contribution in [1.29, 1.82) is 5.26 Å². The molecule has 4 heterocycles. The molecule has 208 valence electrons. The molecule has 16 heteroatoms. The molecule has 2 aromatic rings. The van der Waals surface area contributed by atoms with Crippen molar-refractivity contribution in [2.45, 2.75) is 49.6 Å². The van der Waals surface area contributed by atoms with E-state index >= 15 is 0 Å². The Hall–Kier alpha value is -2.45. The van der Waals surface area contributed by atoms with E-state index in [1.165, 1.54) is 17.7 Å². The summed E-state index contributed by atoms with van der Waals surface area (Å²) >= 11 is 0. The molecule has 12 nitrogen and oxygen atoms in total. The van der Waals surface area contributed by atoms with Crippen molar-refractivity contribution in [3.63, 3.8) is 0 Å². The molecular formula is C22H30F2N8O4S2. The molecular weight excluding hydrogens is 542 g/mol. The van der Waals surface area contributed by atoms with E-state index in [1.54, 1.807) is 6.20 Å². The fourth-order valence-corrected chi connectivity index (χ4v) is 8.99. The molecule has 5 rings (SSSR count). The average Bonchev–Trinajstić information content (AvgIpc) is 3.28.